The van der Waals surface area contributed by atoms with Crippen LogP contribution in [0.3, 0.4) is 0 Å². The minimum atomic E-state index is -0.418. The topological polar surface area (TPSA) is 46.6 Å². The summed E-state index contributed by atoms with van der Waals surface area (Å²) in [5.41, 5.74) is 5.92. The van der Waals surface area contributed by atoms with Crippen molar-refractivity contribution < 1.29 is 14.3 Å². The Morgan fingerprint density at radius 2 is 1.83 bits per heavy atom. The Bertz CT molecular complexity index is 636. The quantitative estimate of drug-likeness (QED) is 0.794. The Kier molecular flexibility index (Phi) is 6.03. The van der Waals surface area contributed by atoms with Gasteiger partial charge in [0.05, 0.1) is 13.0 Å². The maximum Gasteiger partial charge on any atom is 0.328 e. The molecule has 4 heteroatoms. The first-order valence-corrected chi connectivity index (χ1v) is 8.89. The summed E-state index contributed by atoms with van der Waals surface area (Å²) < 4.78 is 5.16. The molecule has 132 valence electrons. The molecule has 1 unspecified atom stereocenters. The molecule has 1 aliphatic rings. The van der Waals surface area contributed by atoms with E-state index in [9.17, 15) is 9.59 Å². The molecule has 0 bridgehead atoms. The number of hydrogen-bond acceptors (Lipinski definition) is 3. The van der Waals surface area contributed by atoms with Crippen molar-refractivity contribution in [1.29, 1.82) is 0 Å². The van der Waals surface area contributed by atoms with Gasteiger partial charge in [-0.2, -0.15) is 0 Å². The van der Waals surface area contributed by atoms with E-state index in [1.54, 1.807) is 11.8 Å². The van der Waals surface area contributed by atoms with Crippen molar-refractivity contribution in [2.45, 2.75) is 66.3 Å². The zero-order chi connectivity index (χ0) is 17.9. The molecule has 0 aliphatic carbocycles. The maximum atomic E-state index is 12.9. The molecule has 0 spiro atoms. The van der Waals surface area contributed by atoms with E-state index < -0.39 is 6.04 Å². The molecule has 4 nitrogen and oxygen atoms in total. The van der Waals surface area contributed by atoms with E-state index in [0.29, 0.717) is 26.0 Å². The Balaban J connectivity index is 2.22. The Morgan fingerprint density at radius 1 is 1.12 bits per heavy atom. The van der Waals surface area contributed by atoms with Gasteiger partial charge in [-0.1, -0.05) is 6.07 Å². The highest BCUT2D eigenvalue weighted by Gasteiger charge is 2.33. The summed E-state index contributed by atoms with van der Waals surface area (Å²) in [6, 6.07) is 1.72. The molecule has 1 aromatic rings. The van der Waals surface area contributed by atoms with Crippen LogP contribution in [0.5, 0.6) is 0 Å². The summed E-state index contributed by atoms with van der Waals surface area (Å²) in [5.74, 6) is -0.235. The number of aryl methyl sites for hydroxylation is 2. The number of esters is 1. The van der Waals surface area contributed by atoms with Gasteiger partial charge in [0.25, 0.3) is 0 Å². The Labute approximate surface area is 145 Å². The second-order valence-electron chi connectivity index (χ2n) is 6.77. The summed E-state index contributed by atoms with van der Waals surface area (Å²) in [5, 5.41) is 0. The third kappa shape index (κ3) is 3.80. The van der Waals surface area contributed by atoms with Crippen molar-refractivity contribution in [1.82, 2.24) is 4.90 Å². The fourth-order valence-electron chi connectivity index (χ4n) is 3.58. The van der Waals surface area contributed by atoms with Gasteiger partial charge < -0.3 is 9.64 Å². The van der Waals surface area contributed by atoms with Crippen molar-refractivity contribution in [3.05, 3.63) is 33.9 Å². The molecule has 24 heavy (non-hydrogen) atoms. The molecule has 1 heterocycles. The van der Waals surface area contributed by atoms with Gasteiger partial charge in [0.1, 0.15) is 6.04 Å². The van der Waals surface area contributed by atoms with Crippen LogP contribution >= 0.6 is 0 Å². The van der Waals surface area contributed by atoms with Gasteiger partial charge in [0, 0.05) is 6.54 Å². The number of benzene rings is 1. The number of rotatable bonds is 4. The van der Waals surface area contributed by atoms with Crippen LogP contribution in [0.15, 0.2) is 6.07 Å². The normalized spacial score (nSPS) is 17.7. The zero-order valence-electron chi connectivity index (χ0n) is 15.6. The number of piperidine rings is 1. The highest BCUT2D eigenvalue weighted by Crippen LogP contribution is 2.24. The molecule has 1 amide bonds. The summed E-state index contributed by atoms with van der Waals surface area (Å²) in [7, 11) is 0. The van der Waals surface area contributed by atoms with Gasteiger partial charge in [-0.25, -0.2) is 4.79 Å². The smallest absolute Gasteiger partial charge is 0.328 e. The van der Waals surface area contributed by atoms with Gasteiger partial charge in [-0.15, -0.1) is 0 Å². The fraction of sp³-hybridized carbons (Fsp3) is 0.600. The zero-order valence-corrected chi connectivity index (χ0v) is 15.6. The van der Waals surface area contributed by atoms with E-state index in [0.717, 1.165) is 24.0 Å². The lowest BCUT2D eigenvalue weighted by atomic mass is 9.91. The van der Waals surface area contributed by atoms with Crippen LogP contribution in [-0.4, -0.2) is 36.0 Å². The van der Waals surface area contributed by atoms with E-state index in [-0.39, 0.29) is 11.9 Å². The van der Waals surface area contributed by atoms with Crippen LogP contribution in [0.2, 0.25) is 0 Å². The molecular weight excluding hydrogens is 302 g/mol. The average molecular weight is 331 g/mol. The molecule has 1 aliphatic heterocycles. The van der Waals surface area contributed by atoms with E-state index in [1.807, 2.05) is 0 Å². The molecule has 1 fully saturated rings. The highest BCUT2D eigenvalue weighted by atomic mass is 16.5. The molecule has 0 saturated carbocycles. The lowest BCUT2D eigenvalue weighted by Crippen LogP contribution is -2.49. The number of carbonyl (C=O) groups is 2. The number of carbonyl (C=O) groups excluding carboxylic acids is 2. The van der Waals surface area contributed by atoms with Gasteiger partial charge in [-0.3, -0.25) is 4.79 Å². The molecule has 0 aromatic heterocycles. The summed E-state index contributed by atoms with van der Waals surface area (Å²) >= 11 is 0. The summed E-state index contributed by atoms with van der Waals surface area (Å²) in [6.45, 7) is 11.1. The lowest BCUT2D eigenvalue weighted by Gasteiger charge is -2.34. The first-order valence-electron chi connectivity index (χ1n) is 8.89. The second-order valence-corrected chi connectivity index (χ2v) is 6.77. The third-order valence-corrected chi connectivity index (χ3v) is 5.23. The van der Waals surface area contributed by atoms with Gasteiger partial charge in [-0.05, 0) is 81.7 Å². The first kappa shape index (κ1) is 18.5. The second kappa shape index (κ2) is 7.82. The highest BCUT2D eigenvalue weighted by molar-refractivity contribution is 5.86. The van der Waals surface area contributed by atoms with Crippen LogP contribution in [0.25, 0.3) is 0 Å². The van der Waals surface area contributed by atoms with E-state index in [4.69, 9.17) is 4.74 Å². The lowest BCUT2D eigenvalue weighted by molar-refractivity contribution is -0.156. The van der Waals surface area contributed by atoms with Gasteiger partial charge >= 0.3 is 5.97 Å². The number of nitrogens with zero attached hydrogens (tertiary/aromatic N) is 1. The number of ether oxygens (including phenoxy) is 1. The summed E-state index contributed by atoms with van der Waals surface area (Å²) in [6.07, 6.45) is 2.98. The van der Waals surface area contributed by atoms with Crippen LogP contribution in [0, 0.1) is 27.7 Å². The number of likely N-dealkylation sites (tertiary alicyclic amines) is 1. The molecule has 0 N–H and O–H groups in total. The molecule has 0 radical (unpaired) electrons. The average Bonchev–Trinajstić information content (AvgIpc) is 2.57. The molecule has 1 atom stereocenters. The monoisotopic (exact) mass is 331 g/mol. The van der Waals surface area contributed by atoms with E-state index in [1.165, 1.54) is 16.7 Å². The van der Waals surface area contributed by atoms with Crippen molar-refractivity contribution in [3.8, 4) is 0 Å². The standard InChI is InChI=1S/C20H29NO3/c1-6-24-20(23)18-9-7-8-10-21(18)19(22)12-17-14(3)11-13(2)15(4)16(17)5/h11,18H,6-10,12H2,1-5H3. The Morgan fingerprint density at radius 3 is 2.50 bits per heavy atom. The predicted octanol–water partition coefficient (Wildman–Crippen LogP) is 3.41. The van der Waals surface area contributed by atoms with Crippen molar-refractivity contribution in [2.24, 2.45) is 0 Å². The Hall–Kier alpha value is -1.84. The van der Waals surface area contributed by atoms with Crippen molar-refractivity contribution >= 4 is 11.9 Å². The summed E-state index contributed by atoms with van der Waals surface area (Å²) in [4.78, 5) is 26.8. The van der Waals surface area contributed by atoms with Crippen LogP contribution in [0.4, 0.5) is 0 Å². The minimum Gasteiger partial charge on any atom is -0.464 e. The number of hydrogen-bond donors (Lipinski definition) is 0. The third-order valence-electron chi connectivity index (χ3n) is 5.23. The van der Waals surface area contributed by atoms with Crippen LogP contribution in [-0.2, 0) is 20.7 Å². The SMILES string of the molecule is CCOC(=O)C1CCCCN1C(=O)Cc1c(C)cc(C)c(C)c1C. The van der Waals surface area contributed by atoms with Gasteiger partial charge in [0.15, 0.2) is 0 Å². The van der Waals surface area contributed by atoms with Gasteiger partial charge in [0.2, 0.25) is 5.91 Å². The largest absolute Gasteiger partial charge is 0.464 e. The van der Waals surface area contributed by atoms with Crippen LogP contribution < -0.4 is 0 Å². The van der Waals surface area contributed by atoms with E-state index >= 15 is 0 Å². The molecule has 1 saturated heterocycles. The maximum absolute atomic E-state index is 12.9. The minimum absolute atomic E-state index is 0.0298. The predicted molar refractivity (Wildman–Crippen MR) is 95.1 cm³/mol. The number of amides is 1. The first-order chi connectivity index (χ1) is 11.4. The molecular formula is C20H29NO3. The fourth-order valence-corrected chi connectivity index (χ4v) is 3.58. The van der Waals surface area contributed by atoms with E-state index in [2.05, 4.69) is 33.8 Å². The van der Waals surface area contributed by atoms with Crippen molar-refractivity contribution in [3.63, 3.8) is 0 Å². The van der Waals surface area contributed by atoms with Crippen LogP contribution in [0.1, 0.15) is 54.0 Å². The molecule has 2 rings (SSSR count). The van der Waals surface area contributed by atoms with Crippen molar-refractivity contribution in [2.75, 3.05) is 13.2 Å². The molecule has 1 aromatic carbocycles.